The Morgan fingerprint density at radius 1 is 1.25 bits per heavy atom. The van der Waals surface area contributed by atoms with Gasteiger partial charge in [-0.2, -0.15) is 5.10 Å². The summed E-state index contributed by atoms with van der Waals surface area (Å²) >= 11 is 0. The number of carbonyl (C=O) groups excluding carboxylic acids is 1. The van der Waals surface area contributed by atoms with Crippen molar-refractivity contribution in [2.45, 2.75) is 20.8 Å². The molecule has 0 radical (unpaired) electrons. The van der Waals surface area contributed by atoms with E-state index in [-0.39, 0.29) is 5.91 Å². The zero-order chi connectivity index (χ0) is 17.4. The molecule has 6 heteroatoms. The lowest BCUT2D eigenvalue weighted by atomic mass is 10.1. The predicted octanol–water partition coefficient (Wildman–Crippen LogP) is 2.55. The number of nitrogens with one attached hydrogen (secondary N) is 2. The van der Waals surface area contributed by atoms with E-state index in [0.29, 0.717) is 24.5 Å². The van der Waals surface area contributed by atoms with Crippen LogP contribution in [-0.4, -0.2) is 53.8 Å². The Labute approximate surface area is 143 Å². The van der Waals surface area contributed by atoms with Crippen LogP contribution in [0.2, 0.25) is 0 Å². The number of H-pyrrole nitrogens is 1. The van der Waals surface area contributed by atoms with Gasteiger partial charge in [0.1, 0.15) is 11.4 Å². The van der Waals surface area contributed by atoms with Crippen LogP contribution >= 0.6 is 0 Å². The highest BCUT2D eigenvalue weighted by Crippen LogP contribution is 2.28. The van der Waals surface area contributed by atoms with Gasteiger partial charge < -0.3 is 15.0 Å². The topological polar surface area (TPSA) is 70.2 Å². The maximum atomic E-state index is 12.2. The largest absolute Gasteiger partial charge is 0.493 e. The number of hydrogen-bond acceptors (Lipinski definition) is 4. The van der Waals surface area contributed by atoms with Crippen LogP contribution in [0.1, 0.15) is 31.3 Å². The van der Waals surface area contributed by atoms with E-state index >= 15 is 0 Å². The highest BCUT2D eigenvalue weighted by Gasteiger charge is 2.13. The van der Waals surface area contributed by atoms with Gasteiger partial charge in [0.15, 0.2) is 0 Å². The number of aromatic amines is 1. The second-order valence-electron chi connectivity index (χ2n) is 5.38. The van der Waals surface area contributed by atoms with Crippen molar-refractivity contribution in [1.82, 2.24) is 20.4 Å². The first-order chi connectivity index (χ1) is 11.7. The molecule has 0 aliphatic rings. The average molecular weight is 330 g/mol. The summed E-state index contributed by atoms with van der Waals surface area (Å²) in [6.45, 7) is 10.2. The van der Waals surface area contributed by atoms with Crippen molar-refractivity contribution in [1.29, 1.82) is 0 Å². The third kappa shape index (κ3) is 4.58. The van der Waals surface area contributed by atoms with Crippen molar-refractivity contribution in [3.05, 3.63) is 36.0 Å². The molecule has 0 atom stereocenters. The molecule has 0 aliphatic heterocycles. The molecule has 24 heavy (non-hydrogen) atoms. The van der Waals surface area contributed by atoms with Crippen LogP contribution < -0.4 is 10.1 Å². The van der Waals surface area contributed by atoms with Gasteiger partial charge in [-0.15, -0.1) is 0 Å². The van der Waals surface area contributed by atoms with E-state index in [1.165, 1.54) is 0 Å². The summed E-state index contributed by atoms with van der Waals surface area (Å²) in [6, 6.07) is 9.43. The molecule has 2 rings (SSSR count). The molecule has 130 valence electrons. The molecule has 1 amide bonds. The number of amides is 1. The summed E-state index contributed by atoms with van der Waals surface area (Å²) in [5.74, 6) is 0.620. The molecule has 1 aromatic heterocycles. The third-order valence-corrected chi connectivity index (χ3v) is 3.89. The minimum absolute atomic E-state index is 0.144. The number of para-hydroxylation sites is 1. The number of benzene rings is 1. The number of nitrogens with zero attached hydrogens (tertiary/aromatic N) is 2. The Morgan fingerprint density at radius 2 is 2.00 bits per heavy atom. The van der Waals surface area contributed by atoms with Crippen molar-refractivity contribution in [3.63, 3.8) is 0 Å². The van der Waals surface area contributed by atoms with E-state index < -0.39 is 0 Å². The van der Waals surface area contributed by atoms with Crippen LogP contribution in [0.5, 0.6) is 5.75 Å². The van der Waals surface area contributed by atoms with Crippen LogP contribution in [-0.2, 0) is 0 Å². The van der Waals surface area contributed by atoms with Crippen molar-refractivity contribution in [2.24, 2.45) is 0 Å². The second kappa shape index (κ2) is 9.08. The first kappa shape index (κ1) is 18.0. The Bertz CT molecular complexity index is 650. The van der Waals surface area contributed by atoms with Crippen LogP contribution in [0, 0.1) is 0 Å². The Kier molecular flexibility index (Phi) is 6.81. The fourth-order valence-electron chi connectivity index (χ4n) is 2.50. The van der Waals surface area contributed by atoms with E-state index in [2.05, 4.69) is 34.3 Å². The predicted molar refractivity (Wildman–Crippen MR) is 95.3 cm³/mol. The quantitative estimate of drug-likeness (QED) is 0.741. The van der Waals surface area contributed by atoms with Gasteiger partial charge in [0.2, 0.25) is 0 Å². The minimum Gasteiger partial charge on any atom is -0.493 e. The standard InChI is InChI=1S/C18H26N4O2/c1-4-22(5-2)12-11-19-18(23)16-13-15(20-21-16)14-9-7-8-10-17(14)24-6-3/h7-10,13H,4-6,11-12H2,1-3H3,(H,19,23)(H,20,21). The van der Waals surface area contributed by atoms with Crippen molar-refractivity contribution in [2.75, 3.05) is 32.8 Å². The Balaban J connectivity index is 2.01. The number of hydrogen-bond donors (Lipinski definition) is 2. The lowest BCUT2D eigenvalue weighted by Gasteiger charge is -2.17. The average Bonchev–Trinajstić information content (AvgIpc) is 3.09. The summed E-state index contributed by atoms with van der Waals surface area (Å²) in [5.41, 5.74) is 2.03. The van der Waals surface area contributed by atoms with Crippen LogP contribution in [0.25, 0.3) is 11.3 Å². The summed E-state index contributed by atoms with van der Waals surface area (Å²) in [4.78, 5) is 14.5. The molecule has 0 bridgehead atoms. The fourth-order valence-corrected chi connectivity index (χ4v) is 2.50. The molecule has 0 aliphatic carbocycles. The maximum absolute atomic E-state index is 12.2. The highest BCUT2D eigenvalue weighted by molar-refractivity contribution is 5.93. The summed E-state index contributed by atoms with van der Waals surface area (Å²) in [6.07, 6.45) is 0. The first-order valence-electron chi connectivity index (χ1n) is 8.47. The number of rotatable bonds is 9. The third-order valence-electron chi connectivity index (χ3n) is 3.89. The molecular weight excluding hydrogens is 304 g/mol. The smallest absolute Gasteiger partial charge is 0.269 e. The van der Waals surface area contributed by atoms with Gasteiger partial charge in [-0.1, -0.05) is 26.0 Å². The van der Waals surface area contributed by atoms with Gasteiger partial charge in [0.25, 0.3) is 5.91 Å². The van der Waals surface area contributed by atoms with Crippen molar-refractivity contribution >= 4 is 5.91 Å². The fraction of sp³-hybridized carbons (Fsp3) is 0.444. The number of carbonyl (C=O) groups is 1. The summed E-state index contributed by atoms with van der Waals surface area (Å²) in [5, 5.41) is 9.98. The number of aromatic nitrogens is 2. The van der Waals surface area contributed by atoms with Crippen LogP contribution in [0.15, 0.2) is 30.3 Å². The zero-order valence-electron chi connectivity index (χ0n) is 14.6. The molecule has 0 unspecified atom stereocenters. The van der Waals surface area contributed by atoms with Crippen LogP contribution in [0.4, 0.5) is 0 Å². The van der Waals surface area contributed by atoms with Gasteiger partial charge in [-0.05, 0) is 38.2 Å². The van der Waals surface area contributed by atoms with E-state index in [1.807, 2.05) is 31.2 Å². The first-order valence-corrected chi connectivity index (χ1v) is 8.47. The number of likely N-dealkylation sites (N-methyl/N-ethyl adjacent to an activating group) is 1. The van der Waals surface area contributed by atoms with Gasteiger partial charge in [-0.3, -0.25) is 9.89 Å². The lowest BCUT2D eigenvalue weighted by Crippen LogP contribution is -2.34. The van der Waals surface area contributed by atoms with E-state index in [0.717, 1.165) is 30.9 Å². The zero-order valence-corrected chi connectivity index (χ0v) is 14.6. The minimum atomic E-state index is -0.144. The van der Waals surface area contributed by atoms with Crippen molar-refractivity contribution in [3.8, 4) is 17.0 Å². The molecule has 2 N–H and O–H groups in total. The van der Waals surface area contributed by atoms with E-state index in [4.69, 9.17) is 4.74 Å². The normalized spacial score (nSPS) is 10.8. The molecule has 0 spiro atoms. The van der Waals surface area contributed by atoms with Gasteiger partial charge in [0, 0.05) is 18.7 Å². The van der Waals surface area contributed by atoms with Gasteiger partial charge in [0.05, 0.1) is 12.3 Å². The molecule has 6 nitrogen and oxygen atoms in total. The second-order valence-corrected chi connectivity index (χ2v) is 5.38. The molecule has 1 aromatic carbocycles. The lowest BCUT2D eigenvalue weighted by molar-refractivity contribution is 0.0944. The van der Waals surface area contributed by atoms with E-state index in [9.17, 15) is 4.79 Å². The highest BCUT2D eigenvalue weighted by atomic mass is 16.5. The van der Waals surface area contributed by atoms with Gasteiger partial charge in [-0.25, -0.2) is 0 Å². The summed E-state index contributed by atoms with van der Waals surface area (Å²) < 4.78 is 5.62. The number of ether oxygens (including phenoxy) is 1. The molecule has 2 aromatic rings. The molecule has 1 heterocycles. The molecule has 0 saturated carbocycles. The Hall–Kier alpha value is -2.34. The maximum Gasteiger partial charge on any atom is 0.269 e. The summed E-state index contributed by atoms with van der Waals surface area (Å²) in [7, 11) is 0. The monoisotopic (exact) mass is 330 g/mol. The Morgan fingerprint density at radius 3 is 2.71 bits per heavy atom. The van der Waals surface area contributed by atoms with Crippen LogP contribution in [0.3, 0.4) is 0 Å². The molecule has 0 saturated heterocycles. The van der Waals surface area contributed by atoms with E-state index in [1.54, 1.807) is 6.07 Å². The van der Waals surface area contributed by atoms with Gasteiger partial charge >= 0.3 is 0 Å². The van der Waals surface area contributed by atoms with Crippen molar-refractivity contribution < 1.29 is 9.53 Å². The SMILES string of the molecule is CCOc1ccccc1-c1cc(C(=O)NCCN(CC)CC)[nH]n1. The molecular formula is C18H26N4O2. The molecule has 0 fully saturated rings.